The van der Waals surface area contributed by atoms with Crippen LogP contribution in [-0.4, -0.2) is 36.8 Å². The molecule has 0 aromatic heterocycles. The smallest absolute Gasteiger partial charge is 0.326 e. The molecule has 1 aliphatic rings. The first-order valence-electron chi connectivity index (χ1n) is 7.44. The Kier molecular flexibility index (Phi) is 4.83. The fourth-order valence-electron chi connectivity index (χ4n) is 2.75. The molecule has 2 N–H and O–H groups in total. The van der Waals surface area contributed by atoms with E-state index in [0.717, 1.165) is 19.3 Å². The number of hydrogen-bond donors (Lipinski definition) is 2. The first kappa shape index (κ1) is 15.8. The maximum absolute atomic E-state index is 13.3. The Balaban J connectivity index is 2.19. The van der Waals surface area contributed by atoms with E-state index in [2.05, 4.69) is 5.32 Å². The number of carboxylic acids is 1. The molecule has 1 saturated carbocycles. The van der Waals surface area contributed by atoms with Crippen molar-refractivity contribution in [3.8, 4) is 0 Å². The minimum Gasteiger partial charge on any atom is -0.480 e. The molecule has 1 aliphatic carbocycles. The van der Waals surface area contributed by atoms with Crippen LogP contribution < -0.4 is 10.2 Å². The third-order valence-electron chi connectivity index (χ3n) is 4.08. The van der Waals surface area contributed by atoms with Gasteiger partial charge in [-0.25, -0.2) is 4.39 Å². The van der Waals surface area contributed by atoms with E-state index in [4.69, 9.17) is 0 Å². The van der Waals surface area contributed by atoms with Gasteiger partial charge in [0, 0.05) is 19.3 Å². The van der Waals surface area contributed by atoms with Gasteiger partial charge in [0.25, 0.3) is 0 Å². The lowest BCUT2D eigenvalue weighted by Gasteiger charge is -2.35. The highest BCUT2D eigenvalue weighted by molar-refractivity contribution is 5.81. The highest BCUT2D eigenvalue weighted by atomic mass is 19.1. The van der Waals surface area contributed by atoms with Gasteiger partial charge in [0.05, 0.1) is 0 Å². The molecule has 0 radical (unpaired) electrons. The first-order chi connectivity index (χ1) is 9.99. The van der Waals surface area contributed by atoms with E-state index in [1.807, 2.05) is 18.9 Å². The Morgan fingerprint density at radius 3 is 2.76 bits per heavy atom. The highest BCUT2D eigenvalue weighted by Crippen LogP contribution is 2.41. The van der Waals surface area contributed by atoms with Crippen molar-refractivity contribution in [2.24, 2.45) is 5.92 Å². The zero-order chi connectivity index (χ0) is 15.5. The summed E-state index contributed by atoms with van der Waals surface area (Å²) in [6.07, 6.45) is 2.74. The number of benzene rings is 1. The maximum atomic E-state index is 13.3. The zero-order valence-corrected chi connectivity index (χ0v) is 12.6. The average molecular weight is 294 g/mol. The summed E-state index contributed by atoms with van der Waals surface area (Å²) in [6.45, 7) is 3.01. The average Bonchev–Trinajstić information content (AvgIpc) is 3.27. The molecule has 4 nitrogen and oxygen atoms in total. The van der Waals surface area contributed by atoms with Crippen molar-refractivity contribution in [2.75, 3.05) is 25.0 Å². The number of carbonyl (C=O) groups is 1. The second kappa shape index (κ2) is 6.43. The van der Waals surface area contributed by atoms with Crippen LogP contribution in [0.2, 0.25) is 0 Å². The lowest BCUT2D eigenvalue weighted by atomic mass is 9.92. The van der Waals surface area contributed by atoms with Crippen LogP contribution in [0.5, 0.6) is 0 Å². The quantitative estimate of drug-likeness (QED) is 0.773. The molecule has 5 heteroatoms. The van der Waals surface area contributed by atoms with Gasteiger partial charge in [-0.15, -0.1) is 0 Å². The van der Waals surface area contributed by atoms with Crippen molar-refractivity contribution in [1.29, 1.82) is 0 Å². The van der Waals surface area contributed by atoms with Crippen LogP contribution in [0.3, 0.4) is 0 Å². The molecule has 1 aromatic carbocycles. The predicted octanol–water partition coefficient (Wildman–Crippen LogP) is 2.49. The molecule has 1 aromatic rings. The Bertz CT molecular complexity index is 505. The van der Waals surface area contributed by atoms with Crippen LogP contribution in [-0.2, 0) is 4.79 Å². The minimum absolute atomic E-state index is 0.151. The van der Waals surface area contributed by atoms with Crippen molar-refractivity contribution >= 4 is 11.7 Å². The van der Waals surface area contributed by atoms with E-state index in [0.29, 0.717) is 18.8 Å². The predicted molar refractivity (Wildman–Crippen MR) is 81.1 cm³/mol. The number of nitrogens with zero attached hydrogens (tertiary/aromatic N) is 1. The molecule has 1 atom stereocenters. The molecule has 0 saturated heterocycles. The third kappa shape index (κ3) is 3.53. The van der Waals surface area contributed by atoms with Crippen LogP contribution in [0.1, 0.15) is 26.2 Å². The van der Waals surface area contributed by atoms with Gasteiger partial charge in [-0.05, 0) is 49.9 Å². The summed E-state index contributed by atoms with van der Waals surface area (Å²) >= 11 is 0. The van der Waals surface area contributed by atoms with E-state index in [9.17, 15) is 14.3 Å². The van der Waals surface area contributed by atoms with E-state index in [1.165, 1.54) is 12.1 Å². The van der Waals surface area contributed by atoms with Crippen LogP contribution >= 0.6 is 0 Å². The fourth-order valence-corrected chi connectivity index (χ4v) is 2.75. The van der Waals surface area contributed by atoms with Crippen molar-refractivity contribution < 1.29 is 14.3 Å². The van der Waals surface area contributed by atoms with Crippen LogP contribution in [0.4, 0.5) is 10.1 Å². The molecular formula is C16H23FN2O2. The zero-order valence-electron chi connectivity index (χ0n) is 12.6. The SMILES string of the molecule is CCCNC(CN(C)c1cccc(F)c1)(C(=O)O)C1CC1. The molecule has 0 bridgehead atoms. The Morgan fingerprint density at radius 2 is 2.24 bits per heavy atom. The summed E-state index contributed by atoms with van der Waals surface area (Å²) in [4.78, 5) is 13.7. The maximum Gasteiger partial charge on any atom is 0.326 e. The Labute approximate surface area is 125 Å². The van der Waals surface area contributed by atoms with Gasteiger partial charge in [-0.1, -0.05) is 13.0 Å². The summed E-state index contributed by atoms with van der Waals surface area (Å²) in [5.74, 6) is -0.979. The first-order valence-corrected chi connectivity index (χ1v) is 7.44. The number of likely N-dealkylation sites (N-methyl/N-ethyl adjacent to an activating group) is 1. The summed E-state index contributed by atoms with van der Waals surface area (Å²) < 4.78 is 13.3. The van der Waals surface area contributed by atoms with Crippen LogP contribution in [0.25, 0.3) is 0 Å². The van der Waals surface area contributed by atoms with Crippen molar-refractivity contribution in [3.63, 3.8) is 0 Å². The summed E-state index contributed by atoms with van der Waals surface area (Å²) in [6, 6.07) is 6.25. The lowest BCUT2D eigenvalue weighted by Crippen LogP contribution is -2.60. The van der Waals surface area contributed by atoms with Gasteiger partial charge in [0.1, 0.15) is 11.4 Å². The van der Waals surface area contributed by atoms with E-state index in [1.54, 1.807) is 12.1 Å². The fraction of sp³-hybridized carbons (Fsp3) is 0.562. The molecule has 21 heavy (non-hydrogen) atoms. The van der Waals surface area contributed by atoms with Gasteiger partial charge >= 0.3 is 5.97 Å². The molecule has 0 spiro atoms. The molecule has 116 valence electrons. The standard InChI is InChI=1S/C16H23FN2O2/c1-3-9-18-16(15(20)21,12-7-8-12)11-19(2)14-6-4-5-13(17)10-14/h4-6,10,12,18H,3,7-9,11H2,1-2H3,(H,20,21). The largest absolute Gasteiger partial charge is 0.480 e. The second-order valence-electron chi connectivity index (χ2n) is 5.81. The van der Waals surface area contributed by atoms with Gasteiger partial charge < -0.3 is 15.3 Å². The molecule has 1 unspecified atom stereocenters. The minimum atomic E-state index is -0.947. The highest BCUT2D eigenvalue weighted by Gasteiger charge is 2.51. The molecule has 2 rings (SSSR count). The molecular weight excluding hydrogens is 271 g/mol. The topological polar surface area (TPSA) is 52.6 Å². The van der Waals surface area contributed by atoms with E-state index >= 15 is 0 Å². The monoisotopic (exact) mass is 294 g/mol. The number of nitrogens with one attached hydrogen (secondary N) is 1. The van der Waals surface area contributed by atoms with Gasteiger partial charge in [-0.2, -0.15) is 0 Å². The van der Waals surface area contributed by atoms with Crippen LogP contribution in [0, 0.1) is 11.7 Å². The number of halogens is 1. The van der Waals surface area contributed by atoms with E-state index < -0.39 is 11.5 Å². The molecule has 0 aliphatic heterocycles. The number of rotatable bonds is 8. The number of aliphatic carboxylic acids is 1. The summed E-state index contributed by atoms with van der Waals surface area (Å²) in [5.41, 5.74) is -0.253. The van der Waals surface area contributed by atoms with Crippen molar-refractivity contribution in [2.45, 2.75) is 31.7 Å². The lowest BCUT2D eigenvalue weighted by molar-refractivity contribution is -0.145. The van der Waals surface area contributed by atoms with Crippen molar-refractivity contribution in [3.05, 3.63) is 30.1 Å². The molecule has 0 amide bonds. The summed E-state index contributed by atoms with van der Waals surface area (Å²) in [5, 5.41) is 13.0. The second-order valence-corrected chi connectivity index (χ2v) is 5.81. The van der Waals surface area contributed by atoms with Crippen molar-refractivity contribution in [1.82, 2.24) is 5.32 Å². The Morgan fingerprint density at radius 1 is 1.52 bits per heavy atom. The summed E-state index contributed by atoms with van der Waals surface area (Å²) in [7, 11) is 1.81. The number of carboxylic acid groups (broad SMARTS) is 1. The van der Waals surface area contributed by atoms with Crippen LogP contribution in [0.15, 0.2) is 24.3 Å². The number of hydrogen-bond acceptors (Lipinski definition) is 3. The molecule has 0 heterocycles. The van der Waals surface area contributed by atoms with Gasteiger partial charge in [0.15, 0.2) is 0 Å². The molecule has 1 fully saturated rings. The normalized spacial score (nSPS) is 17.3. The number of anilines is 1. The third-order valence-corrected chi connectivity index (χ3v) is 4.08. The van der Waals surface area contributed by atoms with Gasteiger partial charge in [0.2, 0.25) is 0 Å². The van der Waals surface area contributed by atoms with E-state index in [-0.39, 0.29) is 11.7 Å². The Hall–Kier alpha value is -1.62. The van der Waals surface area contributed by atoms with Gasteiger partial charge in [-0.3, -0.25) is 4.79 Å².